The number of nitrogens with zero attached hydrogens (tertiary/aromatic N) is 1. The average Bonchev–Trinajstić information content (AvgIpc) is 3.76. The molecule has 0 aliphatic rings. The van der Waals surface area contributed by atoms with Gasteiger partial charge < -0.3 is 13.7 Å². The van der Waals surface area contributed by atoms with Crippen LogP contribution < -0.4 is 4.90 Å². The van der Waals surface area contributed by atoms with Gasteiger partial charge in [0.2, 0.25) is 0 Å². The highest BCUT2D eigenvalue weighted by Crippen LogP contribution is 2.47. The number of benzene rings is 7. The van der Waals surface area contributed by atoms with Gasteiger partial charge in [0, 0.05) is 69.9 Å². The van der Waals surface area contributed by atoms with Gasteiger partial charge >= 0.3 is 0 Å². The van der Waals surface area contributed by atoms with Crippen LogP contribution in [0.25, 0.3) is 74.8 Å². The molecule has 0 aliphatic heterocycles. The maximum Gasteiger partial charge on any atom is 0.143 e. The molecule has 3 nitrogen and oxygen atoms in total. The zero-order valence-electron chi connectivity index (χ0n) is 23.5. The number of para-hydroxylation sites is 2. The van der Waals surface area contributed by atoms with Crippen molar-refractivity contribution in [2.75, 3.05) is 4.90 Å². The van der Waals surface area contributed by atoms with Crippen LogP contribution in [-0.4, -0.2) is 0 Å². The van der Waals surface area contributed by atoms with Crippen LogP contribution in [-0.2, 0) is 0 Å². The van der Waals surface area contributed by atoms with Crippen LogP contribution in [0.1, 0.15) is 0 Å². The Kier molecular flexibility index (Phi) is 4.87. The zero-order valence-corrected chi connectivity index (χ0v) is 24.3. The van der Waals surface area contributed by atoms with Crippen LogP contribution in [0.5, 0.6) is 0 Å². The van der Waals surface area contributed by atoms with Crippen LogP contribution in [0.3, 0.4) is 0 Å². The standard InChI is InChI=1S/C40H23NO2S/c1-2-13-31-26(9-1)34(23-33-28-11-4-7-15-36(28)43-40(31)33)41(24-18-20-39-32(21-24)30-12-5-8-16-38(30)44-39)25-17-19-29-27-10-3-6-14-35(27)42-37(29)22-25/h1-23H. The Morgan fingerprint density at radius 2 is 0.977 bits per heavy atom. The monoisotopic (exact) mass is 581 g/mol. The van der Waals surface area contributed by atoms with E-state index >= 15 is 0 Å². The maximum absolute atomic E-state index is 6.47. The molecule has 44 heavy (non-hydrogen) atoms. The van der Waals surface area contributed by atoms with E-state index in [2.05, 4.69) is 120 Å². The summed E-state index contributed by atoms with van der Waals surface area (Å²) in [6.07, 6.45) is 0. The summed E-state index contributed by atoms with van der Waals surface area (Å²) < 4.78 is 15.4. The number of anilines is 3. The summed E-state index contributed by atoms with van der Waals surface area (Å²) in [5.41, 5.74) is 6.79. The van der Waals surface area contributed by atoms with Gasteiger partial charge in [-0.15, -0.1) is 11.3 Å². The van der Waals surface area contributed by atoms with E-state index in [-0.39, 0.29) is 0 Å². The van der Waals surface area contributed by atoms with E-state index < -0.39 is 0 Å². The second-order valence-corrected chi connectivity index (χ2v) is 12.4. The van der Waals surface area contributed by atoms with E-state index in [9.17, 15) is 0 Å². The lowest BCUT2D eigenvalue weighted by atomic mass is 10.0. The Labute approximate surface area is 255 Å². The van der Waals surface area contributed by atoms with Crippen LogP contribution in [0.2, 0.25) is 0 Å². The summed E-state index contributed by atoms with van der Waals surface area (Å²) in [7, 11) is 0. The van der Waals surface area contributed by atoms with E-state index in [0.717, 1.165) is 71.7 Å². The molecule has 0 atom stereocenters. The van der Waals surface area contributed by atoms with Gasteiger partial charge in [0.05, 0.1) is 5.69 Å². The molecule has 206 valence electrons. The van der Waals surface area contributed by atoms with Crippen molar-refractivity contribution in [3.63, 3.8) is 0 Å². The predicted molar refractivity (Wildman–Crippen MR) is 186 cm³/mol. The molecule has 0 spiro atoms. The molecule has 0 unspecified atom stereocenters. The molecule has 7 aromatic carbocycles. The van der Waals surface area contributed by atoms with Gasteiger partial charge in [-0.2, -0.15) is 0 Å². The molecular weight excluding hydrogens is 559 g/mol. The normalized spacial score (nSPS) is 12.1. The molecule has 3 aromatic heterocycles. The smallest absolute Gasteiger partial charge is 0.143 e. The fourth-order valence-corrected chi connectivity index (χ4v) is 7.93. The number of furan rings is 2. The molecule has 0 radical (unpaired) electrons. The third-order valence-electron chi connectivity index (χ3n) is 8.84. The third kappa shape index (κ3) is 3.37. The zero-order chi connectivity index (χ0) is 28.8. The van der Waals surface area contributed by atoms with Crippen molar-refractivity contribution in [3.8, 4) is 0 Å². The van der Waals surface area contributed by atoms with Crippen molar-refractivity contribution >= 4 is 103 Å². The van der Waals surface area contributed by atoms with Gasteiger partial charge in [-0.05, 0) is 54.6 Å². The molecule has 0 aliphatic carbocycles. The molecule has 0 saturated heterocycles. The van der Waals surface area contributed by atoms with E-state index in [1.165, 1.54) is 20.2 Å². The first-order chi connectivity index (χ1) is 21.8. The quantitative estimate of drug-likeness (QED) is 0.208. The lowest BCUT2D eigenvalue weighted by Gasteiger charge is -2.27. The topological polar surface area (TPSA) is 29.5 Å². The third-order valence-corrected chi connectivity index (χ3v) is 9.99. The predicted octanol–water partition coefficient (Wildman–Crippen LogP) is 12.5. The first kappa shape index (κ1) is 23.9. The fraction of sp³-hybridized carbons (Fsp3) is 0. The number of thiophene rings is 1. The second kappa shape index (κ2) is 8.96. The highest BCUT2D eigenvalue weighted by Gasteiger charge is 2.22. The minimum atomic E-state index is 0.870. The van der Waals surface area contributed by atoms with Gasteiger partial charge in [0.1, 0.15) is 22.3 Å². The first-order valence-electron chi connectivity index (χ1n) is 14.8. The van der Waals surface area contributed by atoms with Crippen molar-refractivity contribution in [2.24, 2.45) is 0 Å². The molecular formula is C40H23NO2S. The molecule has 4 heteroatoms. The SMILES string of the molecule is c1ccc2c(c1)oc1cc(N(c3ccc4sc5ccccc5c4c3)c3cc4c5ccccc5oc4c4ccccc34)ccc12. The van der Waals surface area contributed by atoms with E-state index in [0.29, 0.717) is 0 Å². The Hall–Kier alpha value is -5.58. The van der Waals surface area contributed by atoms with E-state index in [4.69, 9.17) is 8.83 Å². The minimum Gasteiger partial charge on any atom is -0.456 e. The molecule has 0 saturated carbocycles. The maximum atomic E-state index is 6.47. The van der Waals surface area contributed by atoms with Crippen LogP contribution in [0.4, 0.5) is 17.1 Å². The van der Waals surface area contributed by atoms with Gasteiger partial charge in [-0.3, -0.25) is 0 Å². The average molecular weight is 582 g/mol. The minimum absolute atomic E-state index is 0.870. The summed E-state index contributed by atoms with van der Waals surface area (Å²) in [4.78, 5) is 2.38. The van der Waals surface area contributed by atoms with Gasteiger partial charge in [-0.25, -0.2) is 0 Å². The molecule has 10 rings (SSSR count). The van der Waals surface area contributed by atoms with Gasteiger partial charge in [0.25, 0.3) is 0 Å². The Morgan fingerprint density at radius 3 is 1.82 bits per heavy atom. The van der Waals surface area contributed by atoms with Crippen molar-refractivity contribution < 1.29 is 8.83 Å². The van der Waals surface area contributed by atoms with E-state index in [1.807, 2.05) is 35.6 Å². The highest BCUT2D eigenvalue weighted by molar-refractivity contribution is 7.25. The molecule has 3 heterocycles. The van der Waals surface area contributed by atoms with Gasteiger partial charge in [-0.1, -0.05) is 78.9 Å². The number of fused-ring (bicyclic) bond motifs is 11. The second-order valence-electron chi connectivity index (χ2n) is 11.3. The Bertz CT molecular complexity index is 2750. The van der Waals surface area contributed by atoms with Crippen molar-refractivity contribution in [2.45, 2.75) is 0 Å². The molecule has 0 bridgehead atoms. The number of hydrogen-bond acceptors (Lipinski definition) is 4. The lowest BCUT2D eigenvalue weighted by molar-refractivity contribution is 0.669. The van der Waals surface area contributed by atoms with Crippen LogP contribution in [0, 0.1) is 0 Å². The summed E-state index contributed by atoms with van der Waals surface area (Å²) in [6.45, 7) is 0. The summed E-state index contributed by atoms with van der Waals surface area (Å²) in [5, 5.41) is 9.22. The summed E-state index contributed by atoms with van der Waals surface area (Å²) >= 11 is 1.84. The molecule has 10 aromatic rings. The number of hydrogen-bond donors (Lipinski definition) is 0. The Morgan fingerprint density at radius 1 is 0.386 bits per heavy atom. The molecule has 0 fully saturated rings. The van der Waals surface area contributed by atoms with Crippen LogP contribution in [0.15, 0.2) is 148 Å². The number of rotatable bonds is 3. The highest BCUT2D eigenvalue weighted by atomic mass is 32.1. The molecule has 0 N–H and O–H groups in total. The summed E-state index contributed by atoms with van der Waals surface area (Å²) in [6, 6.07) is 49.5. The molecule has 0 amide bonds. The van der Waals surface area contributed by atoms with Crippen molar-refractivity contribution in [1.29, 1.82) is 0 Å². The van der Waals surface area contributed by atoms with Crippen molar-refractivity contribution in [1.82, 2.24) is 0 Å². The fourth-order valence-electron chi connectivity index (χ4n) is 6.85. The van der Waals surface area contributed by atoms with Crippen LogP contribution >= 0.6 is 11.3 Å². The Balaban J connectivity index is 1.31. The largest absolute Gasteiger partial charge is 0.456 e. The lowest BCUT2D eigenvalue weighted by Crippen LogP contribution is -2.10. The van der Waals surface area contributed by atoms with Gasteiger partial charge in [0.15, 0.2) is 0 Å². The summed E-state index contributed by atoms with van der Waals surface area (Å²) in [5.74, 6) is 0. The van der Waals surface area contributed by atoms with Crippen molar-refractivity contribution in [3.05, 3.63) is 140 Å². The first-order valence-corrected chi connectivity index (χ1v) is 15.6. The van der Waals surface area contributed by atoms with E-state index in [1.54, 1.807) is 0 Å².